The number of carbonyl (C=O) groups is 1. The molecule has 0 spiro atoms. The molecule has 0 unspecified atom stereocenters. The number of piperidine rings is 1. The van der Waals surface area contributed by atoms with E-state index < -0.39 is 11.7 Å². The van der Waals surface area contributed by atoms with Gasteiger partial charge in [0.25, 0.3) is 0 Å². The largest absolute Gasteiger partial charge is 0.444 e. The molecule has 5 heteroatoms. The van der Waals surface area contributed by atoms with E-state index in [4.69, 9.17) is 4.74 Å². The smallest absolute Gasteiger partial charge is 0.410 e. The summed E-state index contributed by atoms with van der Waals surface area (Å²) in [6.07, 6.45) is -0.0749. The van der Waals surface area contributed by atoms with Crippen molar-refractivity contribution in [3.05, 3.63) is 35.9 Å². The fraction of sp³-hybridized carbons (Fsp3) is 0.611. The topological polar surface area (TPSA) is 61.8 Å². The molecular formula is C18H28N2O3. The van der Waals surface area contributed by atoms with Crippen molar-refractivity contribution in [2.45, 2.75) is 45.4 Å². The number of nitrogens with one attached hydrogen (secondary N) is 1. The molecule has 1 aromatic carbocycles. The van der Waals surface area contributed by atoms with E-state index in [0.717, 1.165) is 19.5 Å². The van der Waals surface area contributed by atoms with Crippen LogP contribution in [0.25, 0.3) is 0 Å². The van der Waals surface area contributed by atoms with Crippen molar-refractivity contribution in [3.63, 3.8) is 0 Å². The molecule has 1 aliphatic rings. The van der Waals surface area contributed by atoms with Crippen LogP contribution in [0.1, 0.15) is 32.8 Å². The third-order valence-electron chi connectivity index (χ3n) is 3.95. The van der Waals surface area contributed by atoms with Crippen LogP contribution in [0.4, 0.5) is 4.79 Å². The zero-order chi connectivity index (χ0) is 16.9. The molecule has 1 heterocycles. The molecule has 0 saturated carbocycles. The molecule has 1 fully saturated rings. The lowest BCUT2D eigenvalue weighted by atomic mass is 9.94. The van der Waals surface area contributed by atoms with Gasteiger partial charge in [-0.2, -0.15) is 0 Å². The normalized spacial score (nSPS) is 22.0. The summed E-state index contributed by atoms with van der Waals surface area (Å²) in [4.78, 5) is 13.6. The molecule has 0 aliphatic carbocycles. The molecule has 128 valence electrons. The molecule has 0 bridgehead atoms. The molecule has 1 aromatic rings. The Morgan fingerprint density at radius 2 is 2.04 bits per heavy atom. The van der Waals surface area contributed by atoms with Crippen LogP contribution in [0, 0.1) is 5.92 Å². The summed E-state index contributed by atoms with van der Waals surface area (Å²) >= 11 is 0. The Kier molecular flexibility index (Phi) is 6.02. The number of ether oxygens (including phenoxy) is 1. The molecule has 0 aromatic heterocycles. The van der Waals surface area contributed by atoms with Crippen LogP contribution in [0.5, 0.6) is 0 Å². The predicted molar refractivity (Wildman–Crippen MR) is 90.1 cm³/mol. The first-order valence-corrected chi connectivity index (χ1v) is 8.26. The minimum atomic E-state index is -0.514. The van der Waals surface area contributed by atoms with E-state index >= 15 is 0 Å². The predicted octanol–water partition coefficient (Wildman–Crippen LogP) is 2.39. The number of β-amino-alcohol motifs (C(OH)–C–C–N with tert-alkyl or cyclic N) is 1. The summed E-state index contributed by atoms with van der Waals surface area (Å²) in [7, 11) is 0. The number of hydrogen-bond donors (Lipinski definition) is 2. The van der Waals surface area contributed by atoms with Crippen molar-refractivity contribution < 1.29 is 14.6 Å². The number of nitrogens with zero attached hydrogens (tertiary/aromatic N) is 1. The van der Waals surface area contributed by atoms with E-state index in [-0.39, 0.29) is 12.0 Å². The van der Waals surface area contributed by atoms with Crippen molar-refractivity contribution in [3.8, 4) is 0 Å². The number of likely N-dealkylation sites (tertiary alicyclic amines) is 1. The van der Waals surface area contributed by atoms with Gasteiger partial charge in [0.1, 0.15) is 5.60 Å². The van der Waals surface area contributed by atoms with Crippen LogP contribution in [0.2, 0.25) is 0 Å². The highest BCUT2D eigenvalue weighted by Gasteiger charge is 2.32. The molecule has 2 atom stereocenters. The van der Waals surface area contributed by atoms with Crippen LogP contribution in [0.15, 0.2) is 30.3 Å². The quantitative estimate of drug-likeness (QED) is 0.894. The summed E-state index contributed by atoms with van der Waals surface area (Å²) in [6, 6.07) is 10.2. The van der Waals surface area contributed by atoms with E-state index in [9.17, 15) is 9.90 Å². The standard InChI is InChI=1S/C18H28N2O3/c1-18(2,3)23-17(22)20-10-9-15(16(21)13-20)12-19-11-14-7-5-4-6-8-14/h4-8,15-16,19,21H,9-13H2,1-3H3/t15-,16+/m0/s1. The van der Waals surface area contributed by atoms with Gasteiger partial charge in [0.2, 0.25) is 0 Å². The molecule has 1 saturated heterocycles. The minimum absolute atomic E-state index is 0.164. The van der Waals surface area contributed by atoms with E-state index in [1.54, 1.807) is 4.90 Å². The van der Waals surface area contributed by atoms with Crippen molar-refractivity contribution in [1.29, 1.82) is 0 Å². The monoisotopic (exact) mass is 320 g/mol. The van der Waals surface area contributed by atoms with E-state index in [1.807, 2.05) is 39.0 Å². The first kappa shape index (κ1) is 17.8. The zero-order valence-electron chi connectivity index (χ0n) is 14.3. The van der Waals surface area contributed by atoms with Crippen LogP contribution in [-0.4, -0.2) is 47.4 Å². The van der Waals surface area contributed by atoms with Crippen molar-refractivity contribution in [2.75, 3.05) is 19.6 Å². The maximum absolute atomic E-state index is 12.0. The van der Waals surface area contributed by atoms with Gasteiger partial charge in [0, 0.05) is 25.6 Å². The second-order valence-corrected chi connectivity index (χ2v) is 7.16. The maximum Gasteiger partial charge on any atom is 0.410 e. The summed E-state index contributed by atoms with van der Waals surface area (Å²) < 4.78 is 5.36. The highest BCUT2D eigenvalue weighted by molar-refractivity contribution is 5.68. The number of amides is 1. The lowest BCUT2D eigenvalue weighted by Gasteiger charge is -2.36. The van der Waals surface area contributed by atoms with Gasteiger partial charge in [-0.05, 0) is 32.8 Å². The van der Waals surface area contributed by atoms with Crippen LogP contribution in [-0.2, 0) is 11.3 Å². The third kappa shape index (κ3) is 5.84. The van der Waals surface area contributed by atoms with Gasteiger partial charge >= 0.3 is 6.09 Å². The fourth-order valence-electron chi connectivity index (χ4n) is 2.71. The minimum Gasteiger partial charge on any atom is -0.444 e. The highest BCUT2D eigenvalue weighted by atomic mass is 16.6. The Morgan fingerprint density at radius 1 is 1.35 bits per heavy atom. The number of hydrogen-bond acceptors (Lipinski definition) is 4. The molecule has 5 nitrogen and oxygen atoms in total. The highest BCUT2D eigenvalue weighted by Crippen LogP contribution is 2.20. The first-order chi connectivity index (χ1) is 10.8. The van der Waals surface area contributed by atoms with Crippen LogP contribution >= 0.6 is 0 Å². The van der Waals surface area contributed by atoms with Crippen LogP contribution < -0.4 is 5.32 Å². The fourth-order valence-corrected chi connectivity index (χ4v) is 2.71. The number of benzene rings is 1. The van der Waals surface area contributed by atoms with E-state index in [1.165, 1.54) is 5.56 Å². The molecule has 0 radical (unpaired) electrons. The molecule has 23 heavy (non-hydrogen) atoms. The van der Waals surface area contributed by atoms with Crippen molar-refractivity contribution in [2.24, 2.45) is 5.92 Å². The number of carbonyl (C=O) groups excluding carboxylic acids is 1. The van der Waals surface area contributed by atoms with Crippen molar-refractivity contribution >= 4 is 6.09 Å². The summed E-state index contributed by atoms with van der Waals surface area (Å²) in [6.45, 7) is 8.05. The Hall–Kier alpha value is -1.59. The SMILES string of the molecule is CC(C)(C)OC(=O)N1CC[C@@H](CNCc2ccccc2)[C@H](O)C1. The lowest BCUT2D eigenvalue weighted by molar-refractivity contribution is -0.0124. The molecular weight excluding hydrogens is 292 g/mol. The first-order valence-electron chi connectivity index (χ1n) is 8.26. The number of rotatable bonds is 4. The Balaban J connectivity index is 1.74. The second kappa shape index (κ2) is 7.79. The number of aliphatic hydroxyl groups is 1. The van der Waals surface area contributed by atoms with Gasteiger partial charge in [-0.1, -0.05) is 30.3 Å². The lowest BCUT2D eigenvalue weighted by Crippen LogP contribution is -2.50. The molecule has 1 amide bonds. The maximum atomic E-state index is 12.0. The summed E-state index contributed by atoms with van der Waals surface area (Å²) in [5.74, 6) is 0.164. The molecule has 2 N–H and O–H groups in total. The average Bonchev–Trinajstić information content (AvgIpc) is 2.48. The Labute approximate surface area is 138 Å². The van der Waals surface area contributed by atoms with Gasteiger partial charge in [-0.3, -0.25) is 0 Å². The Morgan fingerprint density at radius 3 is 2.65 bits per heavy atom. The van der Waals surface area contributed by atoms with E-state index in [2.05, 4.69) is 17.4 Å². The third-order valence-corrected chi connectivity index (χ3v) is 3.95. The van der Waals surface area contributed by atoms with E-state index in [0.29, 0.717) is 13.1 Å². The van der Waals surface area contributed by atoms with Gasteiger partial charge in [-0.25, -0.2) is 4.79 Å². The van der Waals surface area contributed by atoms with Gasteiger partial charge < -0.3 is 20.1 Å². The molecule has 2 rings (SSSR count). The molecule has 1 aliphatic heterocycles. The number of aliphatic hydroxyl groups excluding tert-OH is 1. The summed E-state index contributed by atoms with van der Waals surface area (Å²) in [5, 5.41) is 13.7. The second-order valence-electron chi connectivity index (χ2n) is 7.16. The average molecular weight is 320 g/mol. The van der Waals surface area contributed by atoms with Crippen molar-refractivity contribution in [1.82, 2.24) is 10.2 Å². The summed E-state index contributed by atoms with van der Waals surface area (Å²) in [5.41, 5.74) is 0.726. The zero-order valence-corrected chi connectivity index (χ0v) is 14.3. The van der Waals surface area contributed by atoms with Crippen LogP contribution in [0.3, 0.4) is 0 Å². The van der Waals surface area contributed by atoms with Gasteiger partial charge in [0.15, 0.2) is 0 Å². The van der Waals surface area contributed by atoms with Gasteiger partial charge in [-0.15, -0.1) is 0 Å². The Bertz CT molecular complexity index is 499. The van der Waals surface area contributed by atoms with Gasteiger partial charge in [0.05, 0.1) is 12.6 Å².